The van der Waals surface area contributed by atoms with Crippen LogP contribution in [0.4, 0.5) is 5.95 Å². The Morgan fingerprint density at radius 2 is 1.72 bits per heavy atom. The maximum absolute atomic E-state index is 4.40. The lowest BCUT2D eigenvalue weighted by molar-refractivity contribution is 0.612. The molecule has 1 N–H and O–H groups in total. The minimum Gasteiger partial charge on any atom is -0.324 e. The minimum atomic E-state index is 0.0409. The Hall–Kier alpha value is -2.88. The third-order valence-corrected chi connectivity index (χ3v) is 4.71. The quantitative estimate of drug-likeness (QED) is 0.752. The van der Waals surface area contributed by atoms with E-state index in [0.717, 1.165) is 17.2 Å². The van der Waals surface area contributed by atoms with Crippen molar-refractivity contribution >= 4 is 11.6 Å². The summed E-state index contributed by atoms with van der Waals surface area (Å²) in [6.07, 6.45) is 3.82. The van der Waals surface area contributed by atoms with E-state index >= 15 is 0 Å². The van der Waals surface area contributed by atoms with Crippen LogP contribution in [-0.4, -0.2) is 14.8 Å². The number of allylic oxidation sites excluding steroid dienone is 1. The molecule has 1 aliphatic rings. The van der Waals surface area contributed by atoms with E-state index in [2.05, 4.69) is 90.8 Å². The molecule has 3 aromatic rings. The summed E-state index contributed by atoms with van der Waals surface area (Å²) in [5, 5.41) is 7.80. The van der Waals surface area contributed by atoms with Gasteiger partial charge in [-0.2, -0.15) is 10.1 Å². The first-order valence-corrected chi connectivity index (χ1v) is 8.67. The van der Waals surface area contributed by atoms with Crippen molar-refractivity contribution < 1.29 is 0 Å². The van der Waals surface area contributed by atoms with Gasteiger partial charge in [-0.15, -0.1) is 0 Å². The fourth-order valence-electron chi connectivity index (χ4n) is 3.15. The number of benzene rings is 2. The van der Waals surface area contributed by atoms with Crippen LogP contribution in [0.25, 0.3) is 5.70 Å². The fourth-order valence-corrected chi connectivity index (χ4v) is 3.15. The molecule has 2 aromatic carbocycles. The highest BCUT2D eigenvalue weighted by atomic mass is 15.4. The molecule has 0 bridgehead atoms. The summed E-state index contributed by atoms with van der Waals surface area (Å²) in [5.41, 5.74) is 6.04. The summed E-state index contributed by atoms with van der Waals surface area (Å²) < 4.78 is 1.93. The summed E-state index contributed by atoms with van der Waals surface area (Å²) in [7, 11) is 0. The number of rotatable bonds is 3. The molecule has 4 rings (SSSR count). The molecular formula is C21H22N4. The summed E-state index contributed by atoms with van der Waals surface area (Å²) in [6, 6.07) is 17.4. The van der Waals surface area contributed by atoms with Gasteiger partial charge in [0.15, 0.2) is 0 Å². The Labute approximate surface area is 148 Å². The number of aromatic nitrogens is 3. The van der Waals surface area contributed by atoms with Gasteiger partial charge in [0, 0.05) is 5.70 Å². The predicted molar refractivity (Wildman–Crippen MR) is 101 cm³/mol. The Morgan fingerprint density at radius 3 is 2.40 bits per heavy atom. The zero-order valence-electron chi connectivity index (χ0n) is 14.8. The third-order valence-electron chi connectivity index (χ3n) is 4.71. The van der Waals surface area contributed by atoms with Crippen molar-refractivity contribution in [2.24, 2.45) is 0 Å². The molecule has 1 atom stereocenters. The van der Waals surface area contributed by atoms with Gasteiger partial charge >= 0.3 is 0 Å². The van der Waals surface area contributed by atoms with Gasteiger partial charge < -0.3 is 5.32 Å². The predicted octanol–water partition coefficient (Wildman–Crippen LogP) is 4.77. The van der Waals surface area contributed by atoms with Gasteiger partial charge in [0.25, 0.3) is 0 Å². The van der Waals surface area contributed by atoms with Crippen molar-refractivity contribution in [3.8, 4) is 0 Å². The van der Waals surface area contributed by atoms with Gasteiger partial charge in [-0.1, -0.05) is 67.9 Å². The van der Waals surface area contributed by atoms with Gasteiger partial charge in [-0.25, -0.2) is 4.68 Å². The highest BCUT2D eigenvalue weighted by molar-refractivity contribution is 5.77. The zero-order chi connectivity index (χ0) is 17.4. The second-order valence-corrected chi connectivity index (χ2v) is 6.87. The molecule has 0 unspecified atom stereocenters. The number of hydrogen-bond donors (Lipinski definition) is 1. The van der Waals surface area contributed by atoms with E-state index in [1.54, 1.807) is 6.33 Å². The van der Waals surface area contributed by atoms with E-state index in [4.69, 9.17) is 0 Å². The lowest BCUT2D eigenvalue weighted by atomic mass is 9.98. The Bertz CT molecular complexity index is 902. The van der Waals surface area contributed by atoms with Gasteiger partial charge in [0.05, 0.1) is 0 Å². The number of nitrogens with zero attached hydrogens (tertiary/aromatic N) is 3. The van der Waals surface area contributed by atoms with Crippen molar-refractivity contribution in [3.63, 3.8) is 0 Å². The molecule has 126 valence electrons. The Morgan fingerprint density at radius 1 is 1.00 bits per heavy atom. The van der Waals surface area contributed by atoms with Gasteiger partial charge in [0.2, 0.25) is 5.95 Å². The van der Waals surface area contributed by atoms with Crippen LogP contribution >= 0.6 is 0 Å². The van der Waals surface area contributed by atoms with Crippen LogP contribution in [0.5, 0.6) is 0 Å². The number of nitrogens with one attached hydrogen (secondary N) is 1. The van der Waals surface area contributed by atoms with E-state index in [9.17, 15) is 0 Å². The average molecular weight is 330 g/mol. The Kier molecular flexibility index (Phi) is 3.88. The monoisotopic (exact) mass is 330 g/mol. The Balaban J connectivity index is 1.74. The molecule has 0 saturated carbocycles. The normalized spacial score (nSPS) is 16.3. The number of hydrogen-bond acceptors (Lipinski definition) is 3. The van der Waals surface area contributed by atoms with E-state index in [-0.39, 0.29) is 6.04 Å². The highest BCUT2D eigenvalue weighted by Gasteiger charge is 2.23. The van der Waals surface area contributed by atoms with Crippen molar-refractivity contribution in [3.05, 3.63) is 83.2 Å². The molecule has 0 spiro atoms. The molecule has 1 aliphatic heterocycles. The number of fused-ring (bicyclic) bond motifs is 1. The SMILES string of the molecule is Cc1ccc([C@H]2C=C(c3ccc(C(C)C)cc3)Nc3ncnn32)cc1. The average Bonchev–Trinajstić information content (AvgIpc) is 3.10. The standard InChI is InChI=1S/C21H22N4/c1-14(2)16-8-10-17(11-9-16)19-12-20(18-6-4-15(3)5-7-18)25-21(24-19)22-13-23-25/h4-14,20H,1-3H3,(H,22,23,24)/t20-/m1/s1. The minimum absolute atomic E-state index is 0.0409. The van der Waals surface area contributed by atoms with Gasteiger partial charge in [0.1, 0.15) is 12.4 Å². The molecule has 0 amide bonds. The van der Waals surface area contributed by atoms with Crippen LogP contribution in [0.15, 0.2) is 60.9 Å². The first-order chi connectivity index (χ1) is 12.1. The second-order valence-electron chi connectivity index (χ2n) is 6.87. The van der Waals surface area contributed by atoms with E-state index in [0.29, 0.717) is 5.92 Å². The third kappa shape index (κ3) is 2.95. The maximum Gasteiger partial charge on any atom is 0.226 e. The molecule has 4 heteroatoms. The van der Waals surface area contributed by atoms with Crippen LogP contribution in [-0.2, 0) is 0 Å². The smallest absolute Gasteiger partial charge is 0.226 e. The molecule has 4 nitrogen and oxygen atoms in total. The fraction of sp³-hybridized carbons (Fsp3) is 0.238. The summed E-state index contributed by atoms with van der Waals surface area (Å²) in [6.45, 7) is 6.52. The maximum atomic E-state index is 4.40. The van der Waals surface area contributed by atoms with Crippen molar-refractivity contribution in [1.29, 1.82) is 0 Å². The lowest BCUT2D eigenvalue weighted by Crippen LogP contribution is -2.20. The van der Waals surface area contributed by atoms with Crippen molar-refractivity contribution in [1.82, 2.24) is 14.8 Å². The zero-order valence-corrected chi connectivity index (χ0v) is 14.8. The van der Waals surface area contributed by atoms with Crippen LogP contribution in [0.3, 0.4) is 0 Å². The van der Waals surface area contributed by atoms with Crippen molar-refractivity contribution in [2.75, 3.05) is 5.32 Å². The molecule has 2 heterocycles. The lowest BCUT2D eigenvalue weighted by Gasteiger charge is -2.24. The summed E-state index contributed by atoms with van der Waals surface area (Å²) in [4.78, 5) is 4.37. The van der Waals surface area contributed by atoms with Crippen molar-refractivity contribution in [2.45, 2.75) is 32.7 Å². The molecule has 0 saturated heterocycles. The summed E-state index contributed by atoms with van der Waals surface area (Å²) in [5.74, 6) is 1.31. The largest absolute Gasteiger partial charge is 0.324 e. The highest BCUT2D eigenvalue weighted by Crippen LogP contribution is 2.32. The number of anilines is 1. The molecule has 1 aromatic heterocycles. The van der Waals surface area contributed by atoms with Gasteiger partial charge in [-0.05, 0) is 35.6 Å². The molecule has 0 aliphatic carbocycles. The number of aryl methyl sites for hydroxylation is 1. The topological polar surface area (TPSA) is 42.7 Å². The van der Waals surface area contributed by atoms with Crippen LogP contribution in [0.2, 0.25) is 0 Å². The van der Waals surface area contributed by atoms with Crippen LogP contribution in [0, 0.1) is 6.92 Å². The van der Waals surface area contributed by atoms with E-state index in [1.807, 2.05) is 4.68 Å². The van der Waals surface area contributed by atoms with Crippen LogP contribution < -0.4 is 5.32 Å². The second kappa shape index (κ2) is 6.20. The molecule has 0 radical (unpaired) electrons. The molecular weight excluding hydrogens is 308 g/mol. The summed E-state index contributed by atoms with van der Waals surface area (Å²) >= 11 is 0. The van der Waals surface area contributed by atoms with Crippen LogP contribution in [0.1, 0.15) is 48.1 Å². The van der Waals surface area contributed by atoms with Gasteiger partial charge in [-0.3, -0.25) is 0 Å². The first kappa shape index (κ1) is 15.6. The molecule has 0 fully saturated rings. The van der Waals surface area contributed by atoms with E-state index < -0.39 is 0 Å². The first-order valence-electron chi connectivity index (χ1n) is 8.67. The van der Waals surface area contributed by atoms with E-state index in [1.165, 1.54) is 16.7 Å². The molecule has 25 heavy (non-hydrogen) atoms.